The third-order valence-electron chi connectivity index (χ3n) is 2.67. The molecule has 0 aliphatic heterocycles. The van der Waals surface area contributed by atoms with Crippen LogP contribution in [0.15, 0.2) is 53.4 Å². The summed E-state index contributed by atoms with van der Waals surface area (Å²) in [5.74, 6) is 0.999. The van der Waals surface area contributed by atoms with E-state index in [9.17, 15) is 0 Å². The standard InChI is InChI=1S/C15H17NS/c1-12-5-4-6-13(9-12)11-17-15-8-3-2-7-14(15)10-16/h2-9H,10-11,16H2,1H3. The Hall–Kier alpha value is -1.25. The monoisotopic (exact) mass is 243 g/mol. The van der Waals surface area contributed by atoms with E-state index in [1.807, 2.05) is 17.8 Å². The van der Waals surface area contributed by atoms with Gasteiger partial charge in [0.1, 0.15) is 0 Å². The second kappa shape index (κ2) is 5.89. The Morgan fingerprint density at radius 1 is 1.06 bits per heavy atom. The normalized spacial score (nSPS) is 10.5. The highest BCUT2D eigenvalue weighted by Gasteiger charge is 2.01. The number of hydrogen-bond acceptors (Lipinski definition) is 2. The van der Waals surface area contributed by atoms with Gasteiger partial charge in [-0.05, 0) is 24.1 Å². The van der Waals surface area contributed by atoms with Crippen molar-refractivity contribution in [2.24, 2.45) is 5.73 Å². The van der Waals surface area contributed by atoms with Gasteiger partial charge < -0.3 is 5.73 Å². The van der Waals surface area contributed by atoms with E-state index < -0.39 is 0 Å². The van der Waals surface area contributed by atoms with E-state index in [1.54, 1.807) is 0 Å². The Labute approximate surface area is 107 Å². The maximum Gasteiger partial charge on any atom is 0.0232 e. The summed E-state index contributed by atoms with van der Waals surface area (Å²) in [5, 5.41) is 0. The first-order valence-corrected chi connectivity index (χ1v) is 6.74. The van der Waals surface area contributed by atoms with Crippen molar-refractivity contribution in [1.29, 1.82) is 0 Å². The van der Waals surface area contributed by atoms with Crippen LogP contribution in [-0.4, -0.2) is 0 Å². The molecule has 0 radical (unpaired) electrons. The summed E-state index contributed by atoms with van der Waals surface area (Å²) >= 11 is 1.85. The molecule has 0 unspecified atom stereocenters. The first kappa shape index (κ1) is 12.2. The predicted molar refractivity (Wildman–Crippen MR) is 75.1 cm³/mol. The zero-order valence-electron chi connectivity index (χ0n) is 10.0. The summed E-state index contributed by atoms with van der Waals surface area (Å²) in [4.78, 5) is 1.29. The molecule has 0 saturated carbocycles. The van der Waals surface area contributed by atoms with Gasteiger partial charge >= 0.3 is 0 Å². The zero-order chi connectivity index (χ0) is 12.1. The third-order valence-corrected chi connectivity index (χ3v) is 3.86. The van der Waals surface area contributed by atoms with Crippen molar-refractivity contribution in [2.45, 2.75) is 24.1 Å². The molecule has 0 saturated heterocycles. The minimum absolute atomic E-state index is 0.608. The van der Waals surface area contributed by atoms with Gasteiger partial charge in [-0.3, -0.25) is 0 Å². The maximum atomic E-state index is 5.73. The maximum absolute atomic E-state index is 5.73. The molecule has 2 rings (SSSR count). The van der Waals surface area contributed by atoms with Gasteiger partial charge in [-0.1, -0.05) is 48.0 Å². The highest BCUT2D eigenvalue weighted by Crippen LogP contribution is 2.26. The Kier molecular flexibility index (Phi) is 4.24. The van der Waals surface area contributed by atoms with Crippen LogP contribution in [0, 0.1) is 6.92 Å². The molecule has 0 amide bonds. The average Bonchev–Trinajstić information content (AvgIpc) is 2.37. The molecule has 0 heterocycles. The topological polar surface area (TPSA) is 26.0 Å². The van der Waals surface area contributed by atoms with Crippen LogP contribution in [-0.2, 0) is 12.3 Å². The van der Waals surface area contributed by atoms with Crippen molar-refractivity contribution in [2.75, 3.05) is 0 Å². The van der Waals surface area contributed by atoms with Gasteiger partial charge in [0, 0.05) is 17.2 Å². The van der Waals surface area contributed by atoms with Crippen molar-refractivity contribution in [1.82, 2.24) is 0 Å². The lowest BCUT2D eigenvalue weighted by atomic mass is 10.2. The van der Waals surface area contributed by atoms with E-state index in [4.69, 9.17) is 5.73 Å². The Morgan fingerprint density at radius 3 is 2.65 bits per heavy atom. The summed E-state index contributed by atoms with van der Waals surface area (Å²) in [6.07, 6.45) is 0. The van der Waals surface area contributed by atoms with Crippen LogP contribution in [0.25, 0.3) is 0 Å². The molecular weight excluding hydrogens is 226 g/mol. The highest BCUT2D eigenvalue weighted by atomic mass is 32.2. The molecular formula is C15H17NS. The molecule has 0 aliphatic rings. The summed E-state index contributed by atoms with van der Waals surface area (Å²) in [6.45, 7) is 2.74. The van der Waals surface area contributed by atoms with Crippen molar-refractivity contribution < 1.29 is 0 Å². The summed E-state index contributed by atoms with van der Waals surface area (Å²) < 4.78 is 0. The van der Waals surface area contributed by atoms with E-state index in [2.05, 4.69) is 49.4 Å². The molecule has 2 aromatic rings. The van der Waals surface area contributed by atoms with Gasteiger partial charge in [-0.2, -0.15) is 0 Å². The van der Waals surface area contributed by atoms with E-state index in [0.717, 1.165) is 5.75 Å². The Morgan fingerprint density at radius 2 is 1.88 bits per heavy atom. The Bertz CT molecular complexity index is 494. The van der Waals surface area contributed by atoms with Gasteiger partial charge in [0.2, 0.25) is 0 Å². The molecule has 0 spiro atoms. The molecule has 0 fully saturated rings. The van der Waals surface area contributed by atoms with Crippen molar-refractivity contribution in [3.8, 4) is 0 Å². The molecule has 0 aliphatic carbocycles. The van der Waals surface area contributed by atoms with E-state index in [0.29, 0.717) is 6.54 Å². The number of aryl methyl sites for hydroxylation is 1. The zero-order valence-corrected chi connectivity index (χ0v) is 10.8. The van der Waals surface area contributed by atoms with Crippen LogP contribution >= 0.6 is 11.8 Å². The molecule has 0 bridgehead atoms. The minimum atomic E-state index is 0.608. The van der Waals surface area contributed by atoms with Crippen LogP contribution in [0.5, 0.6) is 0 Å². The van der Waals surface area contributed by atoms with Gasteiger partial charge in [-0.25, -0.2) is 0 Å². The number of benzene rings is 2. The Balaban J connectivity index is 2.07. The fourth-order valence-electron chi connectivity index (χ4n) is 1.78. The molecule has 2 N–H and O–H groups in total. The number of nitrogens with two attached hydrogens (primary N) is 1. The van der Waals surface area contributed by atoms with E-state index in [-0.39, 0.29) is 0 Å². The smallest absolute Gasteiger partial charge is 0.0232 e. The average molecular weight is 243 g/mol. The van der Waals surface area contributed by atoms with Crippen LogP contribution in [0.3, 0.4) is 0 Å². The predicted octanol–water partition coefficient (Wildman–Crippen LogP) is 3.75. The first-order valence-electron chi connectivity index (χ1n) is 5.76. The molecule has 88 valence electrons. The minimum Gasteiger partial charge on any atom is -0.326 e. The fraction of sp³-hybridized carbons (Fsp3) is 0.200. The SMILES string of the molecule is Cc1cccc(CSc2ccccc2CN)c1. The molecule has 17 heavy (non-hydrogen) atoms. The summed E-state index contributed by atoms with van der Waals surface area (Å²) in [7, 11) is 0. The first-order chi connectivity index (χ1) is 8.29. The molecule has 0 atom stereocenters. The molecule has 2 aromatic carbocycles. The van der Waals surface area contributed by atoms with Crippen molar-refractivity contribution in [3.05, 3.63) is 65.2 Å². The summed E-state index contributed by atoms with van der Waals surface area (Å²) in [6, 6.07) is 17.0. The lowest BCUT2D eigenvalue weighted by molar-refractivity contribution is 1.03. The summed E-state index contributed by atoms with van der Waals surface area (Å²) in [5.41, 5.74) is 9.64. The third kappa shape index (κ3) is 3.35. The number of hydrogen-bond donors (Lipinski definition) is 1. The van der Waals surface area contributed by atoms with E-state index in [1.165, 1.54) is 21.6 Å². The lowest BCUT2D eigenvalue weighted by Gasteiger charge is -2.07. The molecule has 1 nitrogen and oxygen atoms in total. The van der Waals surface area contributed by atoms with Crippen LogP contribution < -0.4 is 5.73 Å². The molecule has 0 aromatic heterocycles. The van der Waals surface area contributed by atoms with Crippen molar-refractivity contribution >= 4 is 11.8 Å². The van der Waals surface area contributed by atoms with Crippen LogP contribution in [0.1, 0.15) is 16.7 Å². The second-order valence-electron chi connectivity index (χ2n) is 4.09. The quantitative estimate of drug-likeness (QED) is 0.828. The lowest BCUT2D eigenvalue weighted by Crippen LogP contribution is -1.97. The second-order valence-corrected chi connectivity index (χ2v) is 5.11. The van der Waals surface area contributed by atoms with Crippen LogP contribution in [0.2, 0.25) is 0 Å². The van der Waals surface area contributed by atoms with Gasteiger partial charge in [0.15, 0.2) is 0 Å². The highest BCUT2D eigenvalue weighted by molar-refractivity contribution is 7.98. The van der Waals surface area contributed by atoms with Gasteiger partial charge in [0.05, 0.1) is 0 Å². The fourth-order valence-corrected chi connectivity index (χ4v) is 2.79. The number of thioether (sulfide) groups is 1. The van der Waals surface area contributed by atoms with Gasteiger partial charge in [0.25, 0.3) is 0 Å². The van der Waals surface area contributed by atoms with E-state index >= 15 is 0 Å². The molecule has 2 heteroatoms. The van der Waals surface area contributed by atoms with Gasteiger partial charge in [-0.15, -0.1) is 11.8 Å². The number of rotatable bonds is 4. The largest absolute Gasteiger partial charge is 0.326 e. The van der Waals surface area contributed by atoms with Crippen LogP contribution in [0.4, 0.5) is 0 Å². The van der Waals surface area contributed by atoms with Crippen molar-refractivity contribution in [3.63, 3.8) is 0 Å².